The quantitative estimate of drug-likeness (QED) is 0.758. The van der Waals surface area contributed by atoms with Gasteiger partial charge in [-0.3, -0.25) is 0 Å². The molecule has 3 heteroatoms. The Kier molecular flexibility index (Phi) is 7.06. The van der Waals surface area contributed by atoms with E-state index in [1.807, 2.05) is 0 Å². The van der Waals surface area contributed by atoms with Crippen LogP contribution in [-0.4, -0.2) is 31.0 Å². The topological polar surface area (TPSA) is 41.5 Å². The highest BCUT2D eigenvalue weighted by atomic mass is 16.5. The standard InChI is InChI=1S/C16H27NO2/c1-12(2)10-19-11-15(18)8-17-9-16-13(3)6-5-7-14(16)4/h5-7,12,15,17-18H,8-11H2,1-4H3. The van der Waals surface area contributed by atoms with Gasteiger partial charge >= 0.3 is 0 Å². The largest absolute Gasteiger partial charge is 0.389 e. The summed E-state index contributed by atoms with van der Waals surface area (Å²) in [5.74, 6) is 0.509. The van der Waals surface area contributed by atoms with Crippen LogP contribution in [-0.2, 0) is 11.3 Å². The number of aryl methyl sites for hydroxylation is 2. The average Bonchev–Trinajstić information content (AvgIpc) is 2.32. The zero-order chi connectivity index (χ0) is 14.3. The summed E-state index contributed by atoms with van der Waals surface area (Å²) in [6.07, 6.45) is -0.442. The SMILES string of the molecule is Cc1cccc(C)c1CNCC(O)COCC(C)C. The van der Waals surface area contributed by atoms with Crippen LogP contribution < -0.4 is 5.32 Å². The van der Waals surface area contributed by atoms with Crippen LogP contribution in [0.4, 0.5) is 0 Å². The fourth-order valence-corrected chi connectivity index (χ4v) is 1.99. The summed E-state index contributed by atoms with van der Waals surface area (Å²) >= 11 is 0. The zero-order valence-electron chi connectivity index (χ0n) is 12.6. The lowest BCUT2D eigenvalue weighted by atomic mass is 10.0. The molecule has 0 radical (unpaired) electrons. The van der Waals surface area contributed by atoms with Crippen LogP contribution >= 0.6 is 0 Å². The molecular formula is C16H27NO2. The van der Waals surface area contributed by atoms with E-state index >= 15 is 0 Å². The van der Waals surface area contributed by atoms with Crippen molar-refractivity contribution in [1.29, 1.82) is 0 Å². The lowest BCUT2D eigenvalue weighted by Gasteiger charge is -2.15. The van der Waals surface area contributed by atoms with Crippen molar-refractivity contribution in [3.8, 4) is 0 Å². The van der Waals surface area contributed by atoms with E-state index < -0.39 is 6.10 Å². The van der Waals surface area contributed by atoms with Crippen LogP contribution in [0, 0.1) is 19.8 Å². The smallest absolute Gasteiger partial charge is 0.0897 e. The van der Waals surface area contributed by atoms with Crippen molar-refractivity contribution < 1.29 is 9.84 Å². The summed E-state index contributed by atoms with van der Waals surface area (Å²) < 4.78 is 5.42. The van der Waals surface area contributed by atoms with Gasteiger partial charge in [0, 0.05) is 19.7 Å². The van der Waals surface area contributed by atoms with Crippen LogP contribution in [0.15, 0.2) is 18.2 Å². The van der Waals surface area contributed by atoms with Crippen molar-refractivity contribution in [2.45, 2.75) is 40.3 Å². The van der Waals surface area contributed by atoms with E-state index in [-0.39, 0.29) is 0 Å². The predicted octanol–water partition coefficient (Wildman–Crippen LogP) is 2.43. The Labute approximate surface area is 117 Å². The van der Waals surface area contributed by atoms with Gasteiger partial charge in [0.1, 0.15) is 0 Å². The second kappa shape index (κ2) is 8.31. The first-order valence-electron chi connectivity index (χ1n) is 7.02. The van der Waals surface area contributed by atoms with Gasteiger partial charge in [0.05, 0.1) is 12.7 Å². The number of hydrogen-bond donors (Lipinski definition) is 2. The number of nitrogens with one attached hydrogen (secondary N) is 1. The van der Waals surface area contributed by atoms with Crippen LogP contribution in [0.5, 0.6) is 0 Å². The highest BCUT2D eigenvalue weighted by Gasteiger charge is 2.06. The molecule has 0 spiro atoms. The summed E-state index contributed by atoms with van der Waals surface area (Å²) in [6.45, 7) is 10.9. The Bertz CT molecular complexity index is 357. The van der Waals surface area contributed by atoms with Gasteiger partial charge in [-0.05, 0) is 36.5 Å². The molecular weight excluding hydrogens is 238 g/mol. The maximum absolute atomic E-state index is 9.79. The lowest BCUT2D eigenvalue weighted by molar-refractivity contribution is 0.0260. The van der Waals surface area contributed by atoms with E-state index in [2.05, 4.69) is 51.2 Å². The van der Waals surface area contributed by atoms with Crippen LogP contribution in [0.1, 0.15) is 30.5 Å². The maximum Gasteiger partial charge on any atom is 0.0897 e. The van der Waals surface area contributed by atoms with E-state index in [0.717, 1.165) is 6.54 Å². The summed E-state index contributed by atoms with van der Waals surface area (Å²) in [6, 6.07) is 6.31. The second-order valence-electron chi connectivity index (χ2n) is 5.59. The van der Waals surface area contributed by atoms with Crippen molar-refractivity contribution in [3.05, 3.63) is 34.9 Å². The molecule has 0 fully saturated rings. The van der Waals surface area contributed by atoms with Crippen LogP contribution in [0.25, 0.3) is 0 Å². The van der Waals surface area contributed by atoms with Crippen molar-refractivity contribution in [3.63, 3.8) is 0 Å². The minimum atomic E-state index is -0.442. The number of ether oxygens (including phenoxy) is 1. The molecule has 1 aromatic carbocycles. The van der Waals surface area contributed by atoms with E-state index in [9.17, 15) is 5.11 Å². The molecule has 108 valence electrons. The van der Waals surface area contributed by atoms with Crippen LogP contribution in [0.3, 0.4) is 0 Å². The first-order valence-corrected chi connectivity index (χ1v) is 7.02. The fraction of sp³-hybridized carbons (Fsp3) is 0.625. The highest BCUT2D eigenvalue weighted by molar-refractivity contribution is 5.33. The van der Waals surface area contributed by atoms with Gasteiger partial charge < -0.3 is 15.2 Å². The molecule has 0 saturated heterocycles. The molecule has 0 amide bonds. The average molecular weight is 265 g/mol. The molecule has 1 aromatic rings. The van der Waals surface area contributed by atoms with Gasteiger partial charge in [-0.15, -0.1) is 0 Å². The second-order valence-corrected chi connectivity index (χ2v) is 5.59. The molecule has 2 N–H and O–H groups in total. The summed E-state index contributed by atoms with van der Waals surface area (Å²) in [7, 11) is 0. The lowest BCUT2D eigenvalue weighted by Crippen LogP contribution is -2.30. The van der Waals surface area contributed by atoms with Gasteiger partial charge in [-0.25, -0.2) is 0 Å². The molecule has 0 aliphatic heterocycles. The third kappa shape index (κ3) is 6.19. The van der Waals surface area contributed by atoms with Gasteiger partial charge in [0.25, 0.3) is 0 Å². The monoisotopic (exact) mass is 265 g/mol. The first-order chi connectivity index (χ1) is 9.00. The fourth-order valence-electron chi connectivity index (χ4n) is 1.99. The van der Waals surface area contributed by atoms with Crippen molar-refractivity contribution in [2.24, 2.45) is 5.92 Å². The maximum atomic E-state index is 9.79. The molecule has 19 heavy (non-hydrogen) atoms. The van der Waals surface area contributed by atoms with Crippen molar-refractivity contribution >= 4 is 0 Å². The zero-order valence-corrected chi connectivity index (χ0v) is 12.6. The van der Waals surface area contributed by atoms with Crippen LogP contribution in [0.2, 0.25) is 0 Å². The first kappa shape index (κ1) is 16.2. The summed E-state index contributed by atoms with van der Waals surface area (Å²) in [5, 5.41) is 13.1. The molecule has 0 aliphatic rings. The van der Waals surface area contributed by atoms with Gasteiger partial charge in [-0.1, -0.05) is 32.0 Å². The number of aliphatic hydroxyl groups is 1. The number of aliphatic hydroxyl groups excluding tert-OH is 1. The van der Waals surface area contributed by atoms with Crippen molar-refractivity contribution in [2.75, 3.05) is 19.8 Å². The minimum Gasteiger partial charge on any atom is -0.389 e. The minimum absolute atomic E-state index is 0.401. The van der Waals surface area contributed by atoms with E-state index in [4.69, 9.17) is 4.74 Å². The predicted molar refractivity (Wildman–Crippen MR) is 79.3 cm³/mol. The Hall–Kier alpha value is -0.900. The molecule has 0 aliphatic carbocycles. The third-order valence-corrected chi connectivity index (χ3v) is 3.09. The Morgan fingerprint density at radius 3 is 2.37 bits per heavy atom. The molecule has 0 aromatic heterocycles. The highest BCUT2D eigenvalue weighted by Crippen LogP contribution is 2.12. The van der Waals surface area contributed by atoms with E-state index in [0.29, 0.717) is 25.7 Å². The molecule has 1 atom stereocenters. The summed E-state index contributed by atoms with van der Waals surface area (Å²) in [4.78, 5) is 0. The Morgan fingerprint density at radius 1 is 1.16 bits per heavy atom. The summed E-state index contributed by atoms with van der Waals surface area (Å²) in [5.41, 5.74) is 3.90. The van der Waals surface area contributed by atoms with E-state index in [1.54, 1.807) is 0 Å². The van der Waals surface area contributed by atoms with Gasteiger partial charge in [0.2, 0.25) is 0 Å². The number of benzene rings is 1. The molecule has 0 saturated carbocycles. The number of hydrogen-bond acceptors (Lipinski definition) is 3. The van der Waals surface area contributed by atoms with Gasteiger partial charge in [0.15, 0.2) is 0 Å². The molecule has 3 nitrogen and oxygen atoms in total. The number of rotatable bonds is 8. The Balaban J connectivity index is 2.26. The van der Waals surface area contributed by atoms with Gasteiger partial charge in [-0.2, -0.15) is 0 Å². The molecule has 0 bridgehead atoms. The molecule has 0 heterocycles. The van der Waals surface area contributed by atoms with Crippen molar-refractivity contribution in [1.82, 2.24) is 5.32 Å². The normalized spacial score (nSPS) is 12.9. The molecule has 1 unspecified atom stereocenters. The Morgan fingerprint density at radius 2 is 1.79 bits per heavy atom. The van der Waals surface area contributed by atoms with E-state index in [1.165, 1.54) is 16.7 Å². The molecule has 1 rings (SSSR count). The third-order valence-electron chi connectivity index (χ3n) is 3.09.